The summed E-state index contributed by atoms with van der Waals surface area (Å²) < 4.78 is 1.67. The minimum absolute atomic E-state index is 0.0276. The van der Waals surface area contributed by atoms with E-state index >= 15 is 0 Å². The third kappa shape index (κ3) is 4.31. The highest BCUT2D eigenvalue weighted by Crippen LogP contribution is 2.22. The predicted molar refractivity (Wildman–Crippen MR) is 107 cm³/mol. The van der Waals surface area contributed by atoms with Gasteiger partial charge in [-0.05, 0) is 48.7 Å². The van der Waals surface area contributed by atoms with Crippen LogP contribution in [-0.4, -0.2) is 39.0 Å². The van der Waals surface area contributed by atoms with Crippen LogP contribution in [0, 0.1) is 5.92 Å². The fourth-order valence-electron chi connectivity index (χ4n) is 3.32. The van der Waals surface area contributed by atoms with Crippen molar-refractivity contribution in [2.24, 2.45) is 5.92 Å². The minimum atomic E-state index is 0.0276. The lowest BCUT2D eigenvalue weighted by Gasteiger charge is -2.31. The lowest BCUT2D eigenvalue weighted by Crippen LogP contribution is -2.40. The molecule has 1 aliphatic heterocycles. The Labute approximate surface area is 168 Å². The first-order valence-corrected chi connectivity index (χ1v) is 9.68. The van der Waals surface area contributed by atoms with Crippen LogP contribution >= 0.6 is 11.6 Å². The lowest BCUT2D eigenvalue weighted by molar-refractivity contribution is -0.125. The van der Waals surface area contributed by atoms with E-state index in [4.69, 9.17) is 11.6 Å². The van der Waals surface area contributed by atoms with Gasteiger partial charge in [-0.1, -0.05) is 23.7 Å². The summed E-state index contributed by atoms with van der Waals surface area (Å²) >= 11 is 5.89. The van der Waals surface area contributed by atoms with Crippen molar-refractivity contribution in [3.8, 4) is 5.82 Å². The molecular weight excluding hydrogens is 376 g/mol. The molecule has 1 fully saturated rings. The van der Waals surface area contributed by atoms with E-state index in [1.165, 1.54) is 0 Å². The van der Waals surface area contributed by atoms with E-state index in [0.29, 0.717) is 17.4 Å². The van der Waals surface area contributed by atoms with Gasteiger partial charge in [-0.2, -0.15) is 5.10 Å². The van der Waals surface area contributed by atoms with Crippen LogP contribution in [0.15, 0.2) is 54.9 Å². The van der Waals surface area contributed by atoms with Crippen molar-refractivity contribution in [3.63, 3.8) is 0 Å². The molecule has 144 valence electrons. The van der Waals surface area contributed by atoms with Crippen molar-refractivity contribution >= 4 is 23.3 Å². The molecular formula is C20H21ClN6O. The fraction of sp³-hybridized carbons (Fsp3) is 0.300. The third-order valence-corrected chi connectivity index (χ3v) is 5.20. The fourth-order valence-corrected chi connectivity index (χ4v) is 3.45. The molecule has 0 radical (unpaired) electrons. The maximum absolute atomic E-state index is 12.5. The molecule has 1 aliphatic rings. The molecule has 0 spiro atoms. The molecule has 4 rings (SSSR count). The summed E-state index contributed by atoms with van der Waals surface area (Å²) in [4.78, 5) is 14.6. The number of aromatic nitrogens is 4. The smallest absolute Gasteiger partial charge is 0.223 e. The molecule has 0 saturated carbocycles. The molecule has 8 heteroatoms. The Kier molecular flexibility index (Phi) is 5.53. The summed E-state index contributed by atoms with van der Waals surface area (Å²) in [6, 6.07) is 13.2. The van der Waals surface area contributed by atoms with Crippen LogP contribution < -0.4 is 10.2 Å². The monoisotopic (exact) mass is 396 g/mol. The van der Waals surface area contributed by atoms with Crippen molar-refractivity contribution < 1.29 is 4.79 Å². The van der Waals surface area contributed by atoms with E-state index in [9.17, 15) is 4.79 Å². The average molecular weight is 397 g/mol. The number of benzene rings is 1. The molecule has 1 N–H and O–H groups in total. The van der Waals surface area contributed by atoms with Gasteiger partial charge in [-0.3, -0.25) is 4.79 Å². The number of amides is 1. The quantitative estimate of drug-likeness (QED) is 0.717. The summed E-state index contributed by atoms with van der Waals surface area (Å²) in [5.74, 6) is 1.65. The predicted octanol–water partition coefficient (Wildman–Crippen LogP) is 2.85. The summed E-state index contributed by atoms with van der Waals surface area (Å²) in [7, 11) is 0. The van der Waals surface area contributed by atoms with Gasteiger partial charge in [-0.15, -0.1) is 10.2 Å². The molecule has 0 bridgehead atoms. The summed E-state index contributed by atoms with van der Waals surface area (Å²) in [5.41, 5.74) is 1.04. The van der Waals surface area contributed by atoms with Gasteiger partial charge in [0.25, 0.3) is 0 Å². The number of nitrogens with zero attached hydrogens (tertiary/aromatic N) is 5. The number of hydrogen-bond donors (Lipinski definition) is 1. The maximum Gasteiger partial charge on any atom is 0.223 e. The van der Waals surface area contributed by atoms with E-state index in [0.717, 1.165) is 37.3 Å². The van der Waals surface area contributed by atoms with Crippen molar-refractivity contribution in [1.82, 2.24) is 25.3 Å². The van der Waals surface area contributed by atoms with Crippen molar-refractivity contribution in [2.45, 2.75) is 19.4 Å². The molecule has 0 atom stereocenters. The standard InChI is InChI=1S/C20H21ClN6O/c21-17-4-2-15(3-5-17)14-22-20(28)16-8-12-26(13-9-16)18-6-7-19(25-24-18)27-11-1-10-23-27/h1-7,10-11,16H,8-9,12-14H2,(H,22,28). The number of nitrogens with one attached hydrogen (secondary N) is 1. The molecule has 1 saturated heterocycles. The molecule has 3 heterocycles. The second kappa shape index (κ2) is 8.39. The maximum atomic E-state index is 12.5. The topological polar surface area (TPSA) is 75.9 Å². The lowest BCUT2D eigenvalue weighted by atomic mass is 9.96. The number of halogens is 1. The zero-order valence-electron chi connectivity index (χ0n) is 15.3. The van der Waals surface area contributed by atoms with Gasteiger partial charge in [-0.25, -0.2) is 4.68 Å². The first-order valence-electron chi connectivity index (χ1n) is 9.30. The van der Waals surface area contributed by atoms with Gasteiger partial charge in [0.2, 0.25) is 5.91 Å². The van der Waals surface area contributed by atoms with Gasteiger partial charge in [0.1, 0.15) is 0 Å². The van der Waals surface area contributed by atoms with Gasteiger partial charge >= 0.3 is 0 Å². The number of carbonyl (C=O) groups excluding carboxylic acids is 1. The van der Waals surface area contributed by atoms with Gasteiger partial charge in [0.05, 0.1) is 0 Å². The Morgan fingerprint density at radius 2 is 1.79 bits per heavy atom. The molecule has 1 aromatic carbocycles. The molecule has 7 nitrogen and oxygen atoms in total. The van der Waals surface area contributed by atoms with Gasteiger partial charge in [0, 0.05) is 43.0 Å². The van der Waals surface area contributed by atoms with Crippen LogP contribution in [-0.2, 0) is 11.3 Å². The average Bonchev–Trinajstić information content (AvgIpc) is 3.28. The first-order chi connectivity index (χ1) is 13.7. The number of rotatable bonds is 5. The Hall–Kier alpha value is -2.93. The van der Waals surface area contributed by atoms with Crippen LogP contribution in [0.5, 0.6) is 0 Å². The first kappa shape index (κ1) is 18.4. The Morgan fingerprint density at radius 3 is 2.43 bits per heavy atom. The van der Waals surface area contributed by atoms with Crippen LogP contribution in [0.3, 0.4) is 0 Å². The number of hydrogen-bond acceptors (Lipinski definition) is 5. The molecule has 28 heavy (non-hydrogen) atoms. The number of anilines is 1. The zero-order valence-corrected chi connectivity index (χ0v) is 16.1. The Balaban J connectivity index is 1.28. The van der Waals surface area contributed by atoms with Crippen LogP contribution in [0.25, 0.3) is 5.82 Å². The van der Waals surface area contributed by atoms with E-state index < -0.39 is 0 Å². The number of piperidine rings is 1. The van der Waals surface area contributed by atoms with Gasteiger partial charge in [0.15, 0.2) is 11.6 Å². The highest BCUT2D eigenvalue weighted by molar-refractivity contribution is 6.30. The van der Waals surface area contributed by atoms with Crippen LogP contribution in [0.4, 0.5) is 5.82 Å². The molecule has 0 aliphatic carbocycles. The molecule has 0 unspecified atom stereocenters. The van der Waals surface area contributed by atoms with E-state index in [-0.39, 0.29) is 11.8 Å². The SMILES string of the molecule is O=C(NCc1ccc(Cl)cc1)C1CCN(c2ccc(-n3cccn3)nn2)CC1. The van der Waals surface area contributed by atoms with Crippen molar-refractivity contribution in [1.29, 1.82) is 0 Å². The van der Waals surface area contributed by atoms with Crippen molar-refractivity contribution in [3.05, 3.63) is 65.4 Å². The van der Waals surface area contributed by atoms with E-state index in [1.54, 1.807) is 10.9 Å². The van der Waals surface area contributed by atoms with E-state index in [2.05, 4.69) is 25.5 Å². The summed E-state index contributed by atoms with van der Waals surface area (Å²) in [5, 5.41) is 16.4. The molecule has 2 aromatic heterocycles. The van der Waals surface area contributed by atoms with E-state index in [1.807, 2.05) is 48.7 Å². The second-order valence-electron chi connectivity index (χ2n) is 6.81. The largest absolute Gasteiger partial charge is 0.355 e. The molecule has 3 aromatic rings. The normalized spacial score (nSPS) is 14.8. The number of carbonyl (C=O) groups is 1. The Bertz CT molecular complexity index is 903. The zero-order chi connectivity index (χ0) is 19.3. The Morgan fingerprint density at radius 1 is 1.07 bits per heavy atom. The van der Waals surface area contributed by atoms with Crippen molar-refractivity contribution in [2.75, 3.05) is 18.0 Å². The van der Waals surface area contributed by atoms with Crippen LogP contribution in [0.2, 0.25) is 5.02 Å². The summed E-state index contributed by atoms with van der Waals surface area (Å²) in [6.45, 7) is 2.10. The highest BCUT2D eigenvalue weighted by atomic mass is 35.5. The third-order valence-electron chi connectivity index (χ3n) is 4.95. The summed E-state index contributed by atoms with van der Waals surface area (Å²) in [6.07, 6.45) is 5.14. The highest BCUT2D eigenvalue weighted by Gasteiger charge is 2.25. The minimum Gasteiger partial charge on any atom is -0.355 e. The van der Waals surface area contributed by atoms with Gasteiger partial charge < -0.3 is 10.2 Å². The second-order valence-corrected chi connectivity index (χ2v) is 7.24. The molecule has 1 amide bonds. The van der Waals surface area contributed by atoms with Crippen LogP contribution in [0.1, 0.15) is 18.4 Å².